The van der Waals surface area contributed by atoms with E-state index in [0.29, 0.717) is 12.7 Å². The highest BCUT2D eigenvalue weighted by atomic mass is 127. The van der Waals surface area contributed by atoms with E-state index >= 15 is 0 Å². The van der Waals surface area contributed by atoms with Crippen LogP contribution in [0.2, 0.25) is 0 Å². The summed E-state index contributed by atoms with van der Waals surface area (Å²) in [4.78, 5) is 4.23. The van der Waals surface area contributed by atoms with Gasteiger partial charge in [0.05, 0.1) is 12.7 Å². The molecule has 1 aromatic carbocycles. The van der Waals surface area contributed by atoms with Crippen LogP contribution in [0, 0.1) is 0 Å². The fraction of sp³-hybridized carbons (Fsp3) is 0.632. The van der Waals surface area contributed by atoms with Crippen LogP contribution in [0.4, 0.5) is 0 Å². The fourth-order valence-corrected chi connectivity index (χ4v) is 2.97. The number of ether oxygens (including phenoxy) is 2. The molecule has 1 fully saturated rings. The van der Waals surface area contributed by atoms with E-state index < -0.39 is 0 Å². The van der Waals surface area contributed by atoms with Gasteiger partial charge in [0.1, 0.15) is 5.75 Å². The van der Waals surface area contributed by atoms with Crippen molar-refractivity contribution in [1.29, 1.82) is 0 Å². The standard InChI is InChI=1S/C19H31N3O2.HI/c1-15(14-23-3)22-19(20-2)21-13-16-9-11-18(12-10-16)24-17-7-5-4-6-8-17;/h9-12,15,17H,4-8,13-14H2,1-3H3,(H2,20,21,22);1H. The molecule has 0 bridgehead atoms. The van der Waals surface area contributed by atoms with Crippen molar-refractivity contribution in [3.63, 3.8) is 0 Å². The SMILES string of the molecule is CN=C(NCc1ccc(OC2CCCCC2)cc1)NC(C)COC.I. The van der Waals surface area contributed by atoms with Crippen molar-refractivity contribution in [1.82, 2.24) is 10.6 Å². The van der Waals surface area contributed by atoms with Crippen LogP contribution < -0.4 is 15.4 Å². The average molecular weight is 461 g/mol. The summed E-state index contributed by atoms with van der Waals surface area (Å²) >= 11 is 0. The van der Waals surface area contributed by atoms with E-state index in [4.69, 9.17) is 9.47 Å². The maximum Gasteiger partial charge on any atom is 0.191 e. The number of benzene rings is 1. The summed E-state index contributed by atoms with van der Waals surface area (Å²) in [6.45, 7) is 3.44. The van der Waals surface area contributed by atoms with Crippen LogP contribution in [0.1, 0.15) is 44.6 Å². The molecule has 1 saturated carbocycles. The average Bonchev–Trinajstić information content (AvgIpc) is 2.61. The summed E-state index contributed by atoms with van der Waals surface area (Å²) in [5, 5.41) is 6.61. The van der Waals surface area contributed by atoms with Gasteiger partial charge < -0.3 is 20.1 Å². The van der Waals surface area contributed by atoms with Crippen molar-refractivity contribution in [3.05, 3.63) is 29.8 Å². The fourth-order valence-electron chi connectivity index (χ4n) is 2.97. The zero-order valence-electron chi connectivity index (χ0n) is 15.6. The number of nitrogens with one attached hydrogen (secondary N) is 2. The van der Waals surface area contributed by atoms with Gasteiger partial charge in [-0.2, -0.15) is 0 Å². The molecule has 0 spiro atoms. The van der Waals surface area contributed by atoms with Gasteiger partial charge in [-0.1, -0.05) is 18.6 Å². The smallest absolute Gasteiger partial charge is 0.191 e. The summed E-state index contributed by atoms with van der Waals surface area (Å²) in [5.41, 5.74) is 1.20. The van der Waals surface area contributed by atoms with Crippen LogP contribution in [0.5, 0.6) is 5.75 Å². The lowest BCUT2D eigenvalue weighted by Gasteiger charge is -2.23. The molecule has 5 nitrogen and oxygen atoms in total. The Labute approximate surface area is 169 Å². The minimum absolute atomic E-state index is 0. The van der Waals surface area contributed by atoms with Gasteiger partial charge in [0, 0.05) is 26.7 Å². The molecule has 0 aliphatic heterocycles. The van der Waals surface area contributed by atoms with Crippen molar-refractivity contribution in [2.75, 3.05) is 20.8 Å². The molecule has 1 aromatic rings. The number of rotatable bonds is 7. The summed E-state index contributed by atoms with van der Waals surface area (Å²) < 4.78 is 11.2. The Morgan fingerprint density at radius 2 is 1.88 bits per heavy atom. The summed E-state index contributed by atoms with van der Waals surface area (Å²) in [7, 11) is 3.47. The molecule has 0 saturated heterocycles. The Morgan fingerprint density at radius 3 is 2.48 bits per heavy atom. The van der Waals surface area contributed by atoms with Crippen LogP contribution in [0.15, 0.2) is 29.3 Å². The molecule has 25 heavy (non-hydrogen) atoms. The van der Waals surface area contributed by atoms with Crippen molar-refractivity contribution >= 4 is 29.9 Å². The monoisotopic (exact) mass is 461 g/mol. The molecule has 1 aliphatic carbocycles. The topological polar surface area (TPSA) is 54.9 Å². The number of hydrogen-bond donors (Lipinski definition) is 2. The van der Waals surface area contributed by atoms with Crippen LogP contribution in [-0.4, -0.2) is 38.9 Å². The number of guanidine groups is 1. The summed E-state index contributed by atoms with van der Waals surface area (Å²) in [6.07, 6.45) is 6.70. The Bertz CT molecular complexity index is 502. The first-order chi connectivity index (χ1) is 11.7. The van der Waals surface area contributed by atoms with Gasteiger partial charge in [-0.05, 0) is 50.3 Å². The Hall–Kier alpha value is -1.02. The van der Waals surface area contributed by atoms with Crippen LogP contribution in [0.25, 0.3) is 0 Å². The number of methoxy groups -OCH3 is 1. The maximum atomic E-state index is 6.07. The Balaban J connectivity index is 0.00000312. The van der Waals surface area contributed by atoms with Gasteiger partial charge in [-0.3, -0.25) is 4.99 Å². The van der Waals surface area contributed by atoms with Gasteiger partial charge in [0.15, 0.2) is 5.96 Å². The van der Waals surface area contributed by atoms with E-state index in [1.54, 1.807) is 14.2 Å². The highest BCUT2D eigenvalue weighted by molar-refractivity contribution is 14.0. The van der Waals surface area contributed by atoms with E-state index in [9.17, 15) is 0 Å². The second-order valence-electron chi connectivity index (χ2n) is 6.45. The summed E-state index contributed by atoms with van der Waals surface area (Å²) in [6, 6.07) is 8.56. The minimum atomic E-state index is 0. The normalized spacial score (nSPS) is 16.7. The first-order valence-corrected chi connectivity index (χ1v) is 8.93. The summed E-state index contributed by atoms with van der Waals surface area (Å²) in [5.74, 6) is 1.75. The van der Waals surface area contributed by atoms with E-state index in [1.165, 1.54) is 37.7 Å². The zero-order chi connectivity index (χ0) is 17.2. The molecule has 0 radical (unpaired) electrons. The number of hydrogen-bond acceptors (Lipinski definition) is 3. The zero-order valence-corrected chi connectivity index (χ0v) is 17.9. The molecule has 6 heteroatoms. The van der Waals surface area contributed by atoms with Gasteiger partial charge in [0.2, 0.25) is 0 Å². The molecule has 0 aromatic heterocycles. The first-order valence-electron chi connectivity index (χ1n) is 8.93. The van der Waals surface area contributed by atoms with Crippen LogP contribution in [-0.2, 0) is 11.3 Å². The van der Waals surface area contributed by atoms with Crippen LogP contribution >= 0.6 is 24.0 Å². The highest BCUT2D eigenvalue weighted by Crippen LogP contribution is 2.23. The van der Waals surface area contributed by atoms with Crippen molar-refractivity contribution < 1.29 is 9.47 Å². The van der Waals surface area contributed by atoms with Crippen molar-refractivity contribution in [2.24, 2.45) is 4.99 Å². The van der Waals surface area contributed by atoms with Crippen LogP contribution in [0.3, 0.4) is 0 Å². The predicted molar refractivity (Wildman–Crippen MR) is 114 cm³/mol. The lowest BCUT2D eigenvalue weighted by molar-refractivity contribution is 0.155. The molecule has 0 heterocycles. The molecular weight excluding hydrogens is 429 g/mol. The van der Waals surface area contributed by atoms with Gasteiger partial charge >= 0.3 is 0 Å². The largest absolute Gasteiger partial charge is 0.490 e. The van der Waals surface area contributed by atoms with E-state index in [-0.39, 0.29) is 30.0 Å². The first kappa shape index (κ1) is 22.0. The van der Waals surface area contributed by atoms with Crippen molar-refractivity contribution in [3.8, 4) is 5.75 Å². The highest BCUT2D eigenvalue weighted by Gasteiger charge is 2.14. The minimum Gasteiger partial charge on any atom is -0.490 e. The lowest BCUT2D eigenvalue weighted by Crippen LogP contribution is -2.43. The quantitative estimate of drug-likeness (QED) is 0.369. The molecule has 142 valence electrons. The third-order valence-electron chi connectivity index (χ3n) is 4.26. The number of nitrogens with zero attached hydrogens (tertiary/aromatic N) is 1. The molecule has 1 atom stereocenters. The molecule has 0 amide bonds. The Morgan fingerprint density at radius 1 is 1.20 bits per heavy atom. The molecule has 2 rings (SSSR count). The molecular formula is C19H32IN3O2. The number of halogens is 1. The van der Waals surface area contributed by atoms with E-state index in [0.717, 1.165) is 18.3 Å². The van der Waals surface area contributed by atoms with Crippen molar-refractivity contribution in [2.45, 2.75) is 57.7 Å². The van der Waals surface area contributed by atoms with Gasteiger partial charge in [-0.15, -0.1) is 24.0 Å². The molecule has 1 aliphatic rings. The molecule has 1 unspecified atom stereocenters. The van der Waals surface area contributed by atoms with Gasteiger partial charge in [-0.25, -0.2) is 0 Å². The number of aliphatic imine (C=N–C) groups is 1. The van der Waals surface area contributed by atoms with Gasteiger partial charge in [0.25, 0.3) is 0 Å². The second-order valence-corrected chi connectivity index (χ2v) is 6.45. The van der Waals surface area contributed by atoms with E-state index in [2.05, 4.69) is 46.8 Å². The third-order valence-corrected chi connectivity index (χ3v) is 4.26. The predicted octanol–water partition coefficient (Wildman–Crippen LogP) is 3.72. The third kappa shape index (κ3) is 8.27. The second kappa shape index (κ2) is 12.4. The lowest BCUT2D eigenvalue weighted by atomic mass is 9.98. The maximum absolute atomic E-state index is 6.07. The van der Waals surface area contributed by atoms with E-state index in [1.807, 2.05) is 0 Å². The Kier molecular flexibility index (Phi) is 10.9. The molecule has 2 N–H and O–H groups in total.